The van der Waals surface area contributed by atoms with Gasteiger partial charge in [-0.25, -0.2) is 14.4 Å². The lowest BCUT2D eigenvalue weighted by Gasteiger charge is -2.22. The number of fused-ring (bicyclic) bond motifs is 1. The average molecular weight is 406 g/mol. The molecule has 0 aromatic carbocycles. The number of hydrogen-bond acceptors (Lipinski definition) is 7. The van der Waals surface area contributed by atoms with E-state index < -0.39 is 17.7 Å². The first kappa shape index (κ1) is 20.2. The van der Waals surface area contributed by atoms with Crippen LogP contribution in [0.2, 0.25) is 0 Å². The highest BCUT2D eigenvalue weighted by Crippen LogP contribution is 2.25. The molecule has 1 atom stereocenters. The second-order valence-electron chi connectivity index (χ2n) is 7.29. The van der Waals surface area contributed by atoms with Crippen molar-refractivity contribution in [3.8, 4) is 10.7 Å². The number of anilines is 1. The lowest BCUT2D eigenvalue weighted by molar-refractivity contribution is -0.00177. The molecule has 0 saturated heterocycles. The summed E-state index contributed by atoms with van der Waals surface area (Å²) in [6, 6.07) is 1.81. The molecule has 0 unspecified atom stereocenters. The van der Waals surface area contributed by atoms with Crippen LogP contribution in [-0.4, -0.2) is 55.0 Å². The van der Waals surface area contributed by atoms with E-state index in [0.717, 1.165) is 5.01 Å². The number of alkyl halides is 1. The van der Waals surface area contributed by atoms with Gasteiger partial charge in [-0.3, -0.25) is 4.79 Å². The van der Waals surface area contributed by atoms with Crippen LogP contribution in [0.1, 0.15) is 38.1 Å². The van der Waals surface area contributed by atoms with E-state index in [1.54, 1.807) is 16.8 Å². The monoisotopic (exact) mass is 406 g/mol. The molecule has 0 bridgehead atoms. The van der Waals surface area contributed by atoms with E-state index in [-0.39, 0.29) is 18.2 Å². The normalized spacial score (nSPS) is 13.1. The lowest BCUT2D eigenvalue weighted by atomic mass is 10.0. The van der Waals surface area contributed by atoms with Gasteiger partial charge >= 0.3 is 0 Å². The fourth-order valence-corrected chi connectivity index (χ4v) is 3.09. The molecule has 0 radical (unpaired) electrons. The maximum absolute atomic E-state index is 14.0. The minimum Gasteiger partial charge on any atom is -0.387 e. The molecule has 0 aliphatic heterocycles. The number of aliphatic hydroxyl groups is 1. The molecule has 0 saturated carbocycles. The molecule has 0 aliphatic carbocycles. The van der Waals surface area contributed by atoms with E-state index in [1.165, 1.54) is 31.4 Å². The molecular formula is C18H23FN6O2S. The topological polar surface area (TPSA) is 104 Å². The number of amides is 1. The number of carbonyl (C=O) groups excluding carboxylic acids is 1. The average Bonchev–Trinajstić information content (AvgIpc) is 3.27. The van der Waals surface area contributed by atoms with Gasteiger partial charge in [-0.15, -0.1) is 11.3 Å². The Labute approximate surface area is 165 Å². The number of thiazole rings is 1. The third-order valence-corrected chi connectivity index (χ3v) is 4.81. The van der Waals surface area contributed by atoms with Crippen molar-refractivity contribution in [3.05, 3.63) is 29.4 Å². The summed E-state index contributed by atoms with van der Waals surface area (Å²) in [4.78, 5) is 21.2. The predicted molar refractivity (Wildman–Crippen MR) is 106 cm³/mol. The van der Waals surface area contributed by atoms with Gasteiger partial charge in [0, 0.05) is 29.9 Å². The Morgan fingerprint density at radius 3 is 2.75 bits per heavy atom. The van der Waals surface area contributed by atoms with Gasteiger partial charge in [0.1, 0.15) is 28.3 Å². The van der Waals surface area contributed by atoms with Gasteiger partial charge < -0.3 is 15.7 Å². The SMILES string of the molecule is CC(C)Nc1c(C(=O)NC[C@@H](F)C(C)(C)O)cnc2cc(-c3nccs3)nn12. The fourth-order valence-electron chi connectivity index (χ4n) is 2.49. The second kappa shape index (κ2) is 7.80. The van der Waals surface area contributed by atoms with Crippen LogP contribution in [0, 0.1) is 0 Å². The summed E-state index contributed by atoms with van der Waals surface area (Å²) in [6.45, 7) is 6.27. The summed E-state index contributed by atoms with van der Waals surface area (Å²) in [6.07, 6.45) is 1.52. The minimum atomic E-state index is -1.60. The Hall–Kier alpha value is -2.59. The number of hydrogen-bond donors (Lipinski definition) is 3. The zero-order chi connectivity index (χ0) is 20.5. The first-order chi connectivity index (χ1) is 13.2. The van der Waals surface area contributed by atoms with Crippen LogP contribution in [0.15, 0.2) is 23.8 Å². The van der Waals surface area contributed by atoms with Gasteiger partial charge in [-0.05, 0) is 27.7 Å². The molecule has 0 aliphatic rings. The Kier molecular flexibility index (Phi) is 5.61. The maximum Gasteiger partial charge on any atom is 0.256 e. The third-order valence-electron chi connectivity index (χ3n) is 4.01. The van der Waals surface area contributed by atoms with E-state index in [0.29, 0.717) is 17.2 Å². The van der Waals surface area contributed by atoms with E-state index in [1.807, 2.05) is 19.2 Å². The van der Waals surface area contributed by atoms with Crippen molar-refractivity contribution in [1.29, 1.82) is 0 Å². The van der Waals surface area contributed by atoms with Gasteiger partial charge in [-0.2, -0.15) is 9.61 Å². The van der Waals surface area contributed by atoms with Crippen molar-refractivity contribution in [2.24, 2.45) is 0 Å². The largest absolute Gasteiger partial charge is 0.387 e. The first-order valence-electron chi connectivity index (χ1n) is 8.86. The van der Waals surface area contributed by atoms with Crippen LogP contribution < -0.4 is 10.6 Å². The van der Waals surface area contributed by atoms with Crippen LogP contribution in [0.25, 0.3) is 16.3 Å². The molecule has 0 spiro atoms. The smallest absolute Gasteiger partial charge is 0.256 e. The second-order valence-corrected chi connectivity index (χ2v) is 8.18. The molecule has 3 heterocycles. The maximum atomic E-state index is 14.0. The minimum absolute atomic E-state index is 0.0231. The van der Waals surface area contributed by atoms with Crippen molar-refractivity contribution in [1.82, 2.24) is 24.9 Å². The van der Waals surface area contributed by atoms with Gasteiger partial charge in [0.15, 0.2) is 5.65 Å². The van der Waals surface area contributed by atoms with E-state index in [9.17, 15) is 14.3 Å². The fraction of sp³-hybridized carbons (Fsp3) is 0.444. The summed E-state index contributed by atoms with van der Waals surface area (Å²) in [7, 11) is 0. The van der Waals surface area contributed by atoms with Gasteiger partial charge in [0.05, 0.1) is 12.1 Å². The third kappa shape index (κ3) is 4.28. The summed E-state index contributed by atoms with van der Waals surface area (Å²) >= 11 is 1.46. The van der Waals surface area contributed by atoms with Crippen LogP contribution in [0.4, 0.5) is 10.2 Å². The molecule has 1 amide bonds. The Morgan fingerprint density at radius 2 is 2.14 bits per heavy atom. The molecule has 3 rings (SSSR count). The lowest BCUT2D eigenvalue weighted by Crippen LogP contribution is -2.42. The zero-order valence-electron chi connectivity index (χ0n) is 16.1. The molecular weight excluding hydrogens is 383 g/mol. The summed E-state index contributed by atoms with van der Waals surface area (Å²) in [5.41, 5.74) is -0.0977. The zero-order valence-corrected chi connectivity index (χ0v) is 16.9. The van der Waals surface area contributed by atoms with Crippen LogP contribution >= 0.6 is 11.3 Å². The molecule has 150 valence electrons. The molecule has 28 heavy (non-hydrogen) atoms. The van der Waals surface area contributed by atoms with Crippen LogP contribution in [0.5, 0.6) is 0 Å². The van der Waals surface area contributed by atoms with Crippen molar-refractivity contribution < 1.29 is 14.3 Å². The number of nitrogens with one attached hydrogen (secondary N) is 2. The molecule has 3 aromatic rings. The highest BCUT2D eigenvalue weighted by atomic mass is 32.1. The highest BCUT2D eigenvalue weighted by Gasteiger charge is 2.27. The number of halogens is 1. The van der Waals surface area contributed by atoms with Gasteiger partial charge in [-0.1, -0.05) is 0 Å². The summed E-state index contributed by atoms with van der Waals surface area (Å²) in [5.74, 6) is -0.0466. The highest BCUT2D eigenvalue weighted by molar-refractivity contribution is 7.13. The van der Waals surface area contributed by atoms with Crippen molar-refractivity contribution in [2.45, 2.75) is 45.5 Å². The van der Waals surface area contributed by atoms with Gasteiger partial charge in [0.25, 0.3) is 5.91 Å². The van der Waals surface area contributed by atoms with Crippen molar-refractivity contribution >= 4 is 28.7 Å². The molecule has 0 fully saturated rings. The Morgan fingerprint density at radius 1 is 1.39 bits per heavy atom. The molecule has 8 nitrogen and oxygen atoms in total. The standard InChI is InChI=1S/C18H23FN6O2S/c1-10(2)23-15-11(16(26)22-9-13(19)18(3,4)27)8-21-14-7-12(24-25(14)15)17-20-5-6-28-17/h5-8,10,13,23,27H,9H2,1-4H3,(H,22,26)/t13-/m1/s1. The number of carbonyl (C=O) groups is 1. The predicted octanol–water partition coefficient (Wildman–Crippen LogP) is 2.51. The van der Waals surface area contributed by atoms with Crippen LogP contribution in [-0.2, 0) is 0 Å². The Bertz CT molecular complexity index is 965. The number of aromatic nitrogens is 4. The first-order valence-corrected chi connectivity index (χ1v) is 9.74. The molecule has 10 heteroatoms. The van der Waals surface area contributed by atoms with Crippen molar-refractivity contribution in [2.75, 3.05) is 11.9 Å². The summed E-state index contributed by atoms with van der Waals surface area (Å²) < 4.78 is 15.5. The van der Waals surface area contributed by atoms with Crippen molar-refractivity contribution in [3.63, 3.8) is 0 Å². The Balaban J connectivity index is 1.96. The van der Waals surface area contributed by atoms with Crippen LogP contribution in [0.3, 0.4) is 0 Å². The quantitative estimate of drug-likeness (QED) is 0.557. The van der Waals surface area contributed by atoms with Gasteiger partial charge in [0.2, 0.25) is 0 Å². The number of nitrogens with zero attached hydrogens (tertiary/aromatic N) is 4. The van der Waals surface area contributed by atoms with E-state index in [4.69, 9.17) is 0 Å². The van der Waals surface area contributed by atoms with E-state index in [2.05, 4.69) is 25.7 Å². The van der Waals surface area contributed by atoms with E-state index >= 15 is 0 Å². The number of rotatable bonds is 7. The summed E-state index contributed by atoms with van der Waals surface area (Å²) in [5, 5.41) is 22.6. The molecule has 3 N–H and O–H groups in total. The molecule has 3 aromatic heterocycles.